The van der Waals surface area contributed by atoms with Crippen LogP contribution in [0.4, 0.5) is 0 Å². The lowest BCUT2D eigenvalue weighted by atomic mass is 10.2. The summed E-state index contributed by atoms with van der Waals surface area (Å²) >= 11 is 1.39. The number of thioether (sulfide) groups is 1. The molecule has 7 nitrogen and oxygen atoms in total. The molecular formula is C19H19N5O2S. The van der Waals surface area contributed by atoms with Gasteiger partial charge in [0, 0.05) is 12.1 Å². The summed E-state index contributed by atoms with van der Waals surface area (Å²) in [4.78, 5) is 17.0. The van der Waals surface area contributed by atoms with Crippen LogP contribution < -0.4 is 10.1 Å². The first kappa shape index (κ1) is 17.4. The van der Waals surface area contributed by atoms with Crippen molar-refractivity contribution < 1.29 is 9.53 Å². The molecule has 138 valence electrons. The van der Waals surface area contributed by atoms with E-state index in [-0.39, 0.29) is 11.2 Å². The van der Waals surface area contributed by atoms with E-state index in [2.05, 4.69) is 20.5 Å². The average Bonchev–Trinajstić information content (AvgIpc) is 3.26. The lowest BCUT2D eigenvalue weighted by Gasteiger charge is -2.12. The van der Waals surface area contributed by atoms with Crippen LogP contribution in [-0.4, -0.2) is 37.8 Å². The van der Waals surface area contributed by atoms with Crippen LogP contribution in [0.3, 0.4) is 0 Å². The minimum Gasteiger partial charge on any atom is -0.496 e. The van der Waals surface area contributed by atoms with E-state index in [9.17, 15) is 4.79 Å². The first-order valence-electron chi connectivity index (χ1n) is 8.55. The number of ether oxygens (including phenoxy) is 1. The van der Waals surface area contributed by atoms with Gasteiger partial charge in [0.2, 0.25) is 11.7 Å². The van der Waals surface area contributed by atoms with Crippen LogP contribution in [0.25, 0.3) is 16.8 Å². The number of aromatic amines is 1. The van der Waals surface area contributed by atoms with Gasteiger partial charge in [-0.2, -0.15) is 0 Å². The van der Waals surface area contributed by atoms with Crippen molar-refractivity contribution in [2.24, 2.45) is 0 Å². The van der Waals surface area contributed by atoms with Gasteiger partial charge in [-0.3, -0.25) is 9.20 Å². The number of para-hydroxylation sites is 3. The van der Waals surface area contributed by atoms with Crippen molar-refractivity contribution in [3.05, 3.63) is 54.1 Å². The molecule has 4 aromatic rings. The Labute approximate surface area is 160 Å². The van der Waals surface area contributed by atoms with E-state index < -0.39 is 0 Å². The molecular weight excluding hydrogens is 362 g/mol. The minimum atomic E-state index is -0.313. The highest BCUT2D eigenvalue weighted by molar-refractivity contribution is 8.00. The summed E-state index contributed by atoms with van der Waals surface area (Å²) in [6.45, 7) is 2.28. The second-order valence-electron chi connectivity index (χ2n) is 6.06. The number of hydrogen-bond donors (Lipinski definition) is 2. The van der Waals surface area contributed by atoms with Gasteiger partial charge in [-0.15, -0.1) is 5.10 Å². The third-order valence-corrected chi connectivity index (χ3v) is 5.35. The smallest absolute Gasteiger partial charge is 0.233 e. The van der Waals surface area contributed by atoms with E-state index >= 15 is 0 Å². The van der Waals surface area contributed by atoms with Crippen molar-refractivity contribution in [2.45, 2.75) is 23.9 Å². The van der Waals surface area contributed by atoms with Gasteiger partial charge in [0.05, 0.1) is 23.4 Å². The molecule has 0 saturated heterocycles. The van der Waals surface area contributed by atoms with Gasteiger partial charge in [0.25, 0.3) is 0 Å². The molecule has 1 unspecified atom stereocenters. The molecule has 0 radical (unpaired) electrons. The maximum atomic E-state index is 12.5. The van der Waals surface area contributed by atoms with Gasteiger partial charge in [-0.05, 0) is 25.1 Å². The Kier molecular flexibility index (Phi) is 4.72. The number of methoxy groups -OCH3 is 1. The van der Waals surface area contributed by atoms with E-state index in [1.807, 2.05) is 59.9 Å². The number of nitrogens with zero attached hydrogens (tertiary/aromatic N) is 3. The number of amides is 1. The Morgan fingerprint density at radius 1 is 1.26 bits per heavy atom. The predicted molar refractivity (Wildman–Crippen MR) is 105 cm³/mol. The third kappa shape index (κ3) is 3.35. The first-order valence-corrected chi connectivity index (χ1v) is 9.43. The summed E-state index contributed by atoms with van der Waals surface area (Å²) in [5.74, 6) is 1.36. The van der Waals surface area contributed by atoms with Crippen LogP contribution >= 0.6 is 11.8 Å². The topological polar surface area (TPSA) is 84.3 Å². The zero-order chi connectivity index (χ0) is 18.8. The first-order chi connectivity index (χ1) is 13.2. The maximum absolute atomic E-state index is 12.5. The number of fused-ring (bicyclic) bond motifs is 3. The second-order valence-corrected chi connectivity index (χ2v) is 7.36. The van der Waals surface area contributed by atoms with E-state index in [0.717, 1.165) is 22.3 Å². The van der Waals surface area contributed by atoms with E-state index in [4.69, 9.17) is 4.74 Å². The van der Waals surface area contributed by atoms with Crippen LogP contribution in [0.1, 0.15) is 12.5 Å². The number of carbonyl (C=O) groups excluding carboxylic acids is 1. The summed E-state index contributed by atoms with van der Waals surface area (Å²) in [6, 6.07) is 15.5. The van der Waals surface area contributed by atoms with Gasteiger partial charge in [-0.1, -0.05) is 42.1 Å². The molecule has 2 heterocycles. The lowest BCUT2D eigenvalue weighted by Crippen LogP contribution is -2.30. The normalized spacial score (nSPS) is 12.4. The number of rotatable bonds is 6. The molecule has 0 aliphatic carbocycles. The van der Waals surface area contributed by atoms with Crippen molar-refractivity contribution in [1.29, 1.82) is 0 Å². The zero-order valence-corrected chi connectivity index (χ0v) is 15.8. The molecule has 8 heteroatoms. The highest BCUT2D eigenvalue weighted by Gasteiger charge is 2.19. The summed E-state index contributed by atoms with van der Waals surface area (Å²) in [7, 11) is 1.62. The van der Waals surface area contributed by atoms with Crippen LogP contribution in [0.2, 0.25) is 0 Å². The molecule has 0 saturated carbocycles. The number of hydrogen-bond acceptors (Lipinski definition) is 5. The number of benzene rings is 2. The van der Waals surface area contributed by atoms with Crippen molar-refractivity contribution in [2.75, 3.05) is 7.11 Å². The van der Waals surface area contributed by atoms with Crippen molar-refractivity contribution >= 4 is 34.5 Å². The highest BCUT2D eigenvalue weighted by Crippen LogP contribution is 2.26. The number of nitrogens with one attached hydrogen (secondary N) is 2. The Bertz CT molecular complexity index is 1100. The van der Waals surface area contributed by atoms with Gasteiger partial charge in [0.15, 0.2) is 5.16 Å². The zero-order valence-electron chi connectivity index (χ0n) is 15.0. The minimum absolute atomic E-state index is 0.0634. The average molecular weight is 381 g/mol. The van der Waals surface area contributed by atoms with E-state index in [1.165, 1.54) is 11.8 Å². The number of aromatic nitrogens is 4. The summed E-state index contributed by atoms with van der Waals surface area (Å²) in [5.41, 5.74) is 2.79. The van der Waals surface area contributed by atoms with Gasteiger partial charge in [-0.25, -0.2) is 10.1 Å². The summed E-state index contributed by atoms with van der Waals surface area (Å²) in [6.07, 6.45) is 0. The van der Waals surface area contributed by atoms with Gasteiger partial charge < -0.3 is 10.1 Å². The van der Waals surface area contributed by atoms with E-state index in [0.29, 0.717) is 17.5 Å². The van der Waals surface area contributed by atoms with E-state index in [1.54, 1.807) is 7.11 Å². The summed E-state index contributed by atoms with van der Waals surface area (Å²) in [5, 5.41) is 10.6. The fourth-order valence-corrected chi connectivity index (χ4v) is 3.80. The third-order valence-electron chi connectivity index (χ3n) is 4.30. The Hall–Kier alpha value is -3.00. The van der Waals surface area contributed by atoms with Gasteiger partial charge >= 0.3 is 0 Å². The molecule has 2 aromatic heterocycles. The Morgan fingerprint density at radius 3 is 2.89 bits per heavy atom. The highest BCUT2D eigenvalue weighted by atomic mass is 32.2. The van der Waals surface area contributed by atoms with Gasteiger partial charge in [0.1, 0.15) is 5.75 Å². The molecule has 0 bridgehead atoms. The van der Waals surface area contributed by atoms with Crippen molar-refractivity contribution in [3.8, 4) is 5.75 Å². The number of imidazole rings is 1. The standard InChI is InChI=1S/C19H19N5O2S/c1-12(17(25)20-11-13-7-3-6-10-16(13)26-2)27-19-23-22-18-21-14-8-4-5-9-15(14)24(18)19/h3-10,12H,11H2,1-2H3,(H,20,25)(H,21,22). The molecule has 0 aliphatic heterocycles. The maximum Gasteiger partial charge on any atom is 0.233 e. The number of H-pyrrole nitrogens is 1. The van der Waals surface area contributed by atoms with Crippen molar-refractivity contribution in [1.82, 2.24) is 24.9 Å². The Morgan fingerprint density at radius 2 is 2.04 bits per heavy atom. The van der Waals surface area contributed by atoms with Crippen LogP contribution in [0.15, 0.2) is 53.7 Å². The molecule has 0 spiro atoms. The SMILES string of the molecule is COc1ccccc1CNC(=O)C(C)Sc1n[nH]c2nc3ccccc3n12. The molecule has 27 heavy (non-hydrogen) atoms. The summed E-state index contributed by atoms with van der Waals surface area (Å²) < 4.78 is 7.26. The lowest BCUT2D eigenvalue weighted by molar-refractivity contribution is -0.120. The molecule has 0 fully saturated rings. The van der Waals surface area contributed by atoms with Crippen LogP contribution in [0, 0.1) is 0 Å². The largest absolute Gasteiger partial charge is 0.496 e. The fourth-order valence-electron chi connectivity index (χ4n) is 2.91. The predicted octanol–water partition coefficient (Wildman–Crippen LogP) is 3.02. The molecule has 1 atom stereocenters. The molecule has 1 amide bonds. The number of carbonyl (C=O) groups is 1. The molecule has 4 rings (SSSR count). The van der Waals surface area contributed by atoms with Crippen LogP contribution in [0.5, 0.6) is 5.75 Å². The van der Waals surface area contributed by atoms with Crippen molar-refractivity contribution in [3.63, 3.8) is 0 Å². The monoisotopic (exact) mass is 381 g/mol. The second kappa shape index (κ2) is 7.32. The Balaban J connectivity index is 1.48. The molecule has 2 aromatic carbocycles. The van der Waals surface area contributed by atoms with Crippen LogP contribution in [-0.2, 0) is 11.3 Å². The quantitative estimate of drug-likeness (QED) is 0.502. The molecule has 0 aliphatic rings. The molecule has 2 N–H and O–H groups in total. The fraction of sp³-hybridized carbons (Fsp3) is 0.211.